The highest BCUT2D eigenvalue weighted by atomic mass is 16.7. The lowest BCUT2D eigenvalue weighted by Gasteiger charge is -2.41. The van der Waals surface area contributed by atoms with Gasteiger partial charge in [0.25, 0.3) is 11.8 Å². The number of hydrogen-bond acceptors (Lipinski definition) is 5. The molecule has 0 radical (unpaired) electrons. The van der Waals surface area contributed by atoms with Gasteiger partial charge in [-0.05, 0) is 48.4 Å². The maximum absolute atomic E-state index is 13.1. The van der Waals surface area contributed by atoms with Gasteiger partial charge in [-0.3, -0.25) is 24.5 Å². The minimum absolute atomic E-state index is 0.260. The number of hydrogen-bond donors (Lipinski definition) is 2. The third-order valence-electron chi connectivity index (χ3n) is 4.87. The molecule has 2 aromatic rings. The second-order valence-electron chi connectivity index (χ2n) is 6.28. The van der Waals surface area contributed by atoms with Crippen LogP contribution in [0, 0.1) is 0 Å². The van der Waals surface area contributed by atoms with Gasteiger partial charge in [0.1, 0.15) is 6.17 Å². The zero-order valence-electron chi connectivity index (χ0n) is 15.4. The van der Waals surface area contributed by atoms with E-state index in [0.29, 0.717) is 5.56 Å². The maximum atomic E-state index is 13.1. The molecule has 0 bridgehead atoms. The molecule has 2 amide bonds. The van der Waals surface area contributed by atoms with Crippen molar-refractivity contribution in [2.24, 2.45) is 0 Å². The molecule has 0 fully saturated rings. The van der Waals surface area contributed by atoms with E-state index in [2.05, 4.69) is 17.9 Å². The number of amides is 2. The summed E-state index contributed by atoms with van der Waals surface area (Å²) < 4.78 is 0. The van der Waals surface area contributed by atoms with Gasteiger partial charge in [-0.15, -0.1) is 0 Å². The van der Waals surface area contributed by atoms with Gasteiger partial charge in [0.05, 0.1) is 7.11 Å². The zero-order chi connectivity index (χ0) is 19.4. The van der Waals surface area contributed by atoms with Crippen LogP contribution in [0.25, 0.3) is 0 Å². The summed E-state index contributed by atoms with van der Waals surface area (Å²) in [5.74, 6) is -0.926. The molecule has 142 valence electrons. The first-order chi connectivity index (χ1) is 13.1. The summed E-state index contributed by atoms with van der Waals surface area (Å²) in [7, 11) is 1.48. The van der Waals surface area contributed by atoms with Crippen LogP contribution in [0.1, 0.15) is 44.9 Å². The first kappa shape index (κ1) is 19.0. The first-order valence-electron chi connectivity index (χ1n) is 8.84. The molecule has 2 aromatic carbocycles. The van der Waals surface area contributed by atoms with Crippen molar-refractivity contribution < 1.29 is 19.6 Å². The average molecular weight is 369 g/mol. The number of fused-ring (bicyclic) bond motifs is 1. The van der Waals surface area contributed by atoms with Crippen LogP contribution in [0.3, 0.4) is 0 Å². The number of benzene rings is 2. The van der Waals surface area contributed by atoms with Crippen molar-refractivity contribution in [2.45, 2.75) is 19.5 Å². The molecule has 0 spiro atoms. The van der Waals surface area contributed by atoms with E-state index in [9.17, 15) is 9.59 Å². The molecule has 1 heterocycles. The fourth-order valence-corrected chi connectivity index (χ4v) is 3.45. The van der Waals surface area contributed by atoms with E-state index in [1.807, 2.05) is 18.2 Å². The van der Waals surface area contributed by atoms with E-state index in [4.69, 9.17) is 10.0 Å². The number of rotatable bonds is 5. The molecule has 1 aliphatic rings. The van der Waals surface area contributed by atoms with Crippen LogP contribution in [0.5, 0.6) is 0 Å². The minimum atomic E-state index is -0.629. The van der Waals surface area contributed by atoms with E-state index in [1.165, 1.54) is 29.9 Å². The molecule has 7 heteroatoms. The second-order valence-corrected chi connectivity index (χ2v) is 6.28. The Morgan fingerprint density at radius 1 is 1.19 bits per heavy atom. The number of likely N-dealkylation sites (N-methyl/N-ethyl adjacent to an activating group) is 1. The molecule has 3 rings (SSSR count). The van der Waals surface area contributed by atoms with E-state index in [-0.39, 0.29) is 17.6 Å². The summed E-state index contributed by atoms with van der Waals surface area (Å²) in [6, 6.07) is 14.1. The Kier molecular flexibility index (Phi) is 5.85. The van der Waals surface area contributed by atoms with Gasteiger partial charge in [-0.25, -0.2) is 5.48 Å². The quantitative estimate of drug-likeness (QED) is 0.625. The summed E-state index contributed by atoms with van der Waals surface area (Å²) in [4.78, 5) is 32.3. The lowest BCUT2D eigenvalue weighted by Crippen LogP contribution is -2.47. The van der Waals surface area contributed by atoms with Crippen LogP contribution < -0.4 is 5.48 Å². The van der Waals surface area contributed by atoms with Gasteiger partial charge in [-0.2, -0.15) is 5.06 Å². The highest BCUT2D eigenvalue weighted by Crippen LogP contribution is 2.33. The Morgan fingerprint density at radius 2 is 1.85 bits per heavy atom. The lowest BCUT2D eigenvalue weighted by molar-refractivity contribution is -0.166. The largest absolute Gasteiger partial charge is 0.288 e. The van der Waals surface area contributed by atoms with E-state index in [0.717, 1.165) is 25.1 Å². The van der Waals surface area contributed by atoms with Crippen LogP contribution in [-0.2, 0) is 11.3 Å². The van der Waals surface area contributed by atoms with E-state index in [1.54, 1.807) is 17.6 Å². The number of hydroxylamine groups is 3. The van der Waals surface area contributed by atoms with Crippen molar-refractivity contribution in [2.75, 3.05) is 20.2 Å². The van der Waals surface area contributed by atoms with Crippen molar-refractivity contribution >= 4 is 11.8 Å². The maximum Gasteiger partial charge on any atom is 0.279 e. The average Bonchev–Trinajstić information content (AvgIpc) is 2.73. The van der Waals surface area contributed by atoms with Gasteiger partial charge < -0.3 is 0 Å². The van der Waals surface area contributed by atoms with Crippen LogP contribution in [0.15, 0.2) is 48.5 Å². The van der Waals surface area contributed by atoms with Gasteiger partial charge in [-0.1, -0.05) is 31.2 Å². The third-order valence-corrected chi connectivity index (χ3v) is 4.87. The second kappa shape index (κ2) is 8.30. The zero-order valence-corrected chi connectivity index (χ0v) is 15.4. The SMILES string of the molecule is CCN1CCc2ccccc2C1N(OC)C(=O)c1ccc(C(=O)NO)cc1. The topological polar surface area (TPSA) is 82.1 Å². The molecular formula is C20H23N3O4. The summed E-state index contributed by atoms with van der Waals surface area (Å²) in [6.45, 7) is 3.67. The monoisotopic (exact) mass is 369 g/mol. The van der Waals surface area contributed by atoms with Crippen LogP contribution in [0.2, 0.25) is 0 Å². The Balaban J connectivity index is 1.93. The summed E-state index contributed by atoms with van der Waals surface area (Å²) in [5, 5.41) is 10.1. The smallest absolute Gasteiger partial charge is 0.279 e. The molecule has 0 saturated heterocycles. The molecule has 1 aliphatic heterocycles. The molecule has 7 nitrogen and oxygen atoms in total. The fourth-order valence-electron chi connectivity index (χ4n) is 3.45. The minimum Gasteiger partial charge on any atom is -0.288 e. The van der Waals surface area contributed by atoms with Gasteiger partial charge in [0.2, 0.25) is 0 Å². The predicted molar refractivity (Wildman–Crippen MR) is 99.0 cm³/mol. The summed E-state index contributed by atoms with van der Waals surface area (Å²) in [6.07, 6.45) is 0.606. The Labute approximate surface area is 158 Å². The van der Waals surface area contributed by atoms with E-state index >= 15 is 0 Å². The van der Waals surface area contributed by atoms with Gasteiger partial charge in [0, 0.05) is 17.7 Å². The van der Waals surface area contributed by atoms with Crippen molar-refractivity contribution in [1.29, 1.82) is 0 Å². The van der Waals surface area contributed by atoms with Crippen LogP contribution in [0.4, 0.5) is 0 Å². The molecule has 27 heavy (non-hydrogen) atoms. The predicted octanol–water partition coefficient (Wildman–Crippen LogP) is 2.39. The van der Waals surface area contributed by atoms with Crippen LogP contribution >= 0.6 is 0 Å². The van der Waals surface area contributed by atoms with Crippen molar-refractivity contribution in [3.05, 3.63) is 70.8 Å². The first-order valence-corrected chi connectivity index (χ1v) is 8.84. The molecule has 2 N–H and O–H groups in total. The van der Waals surface area contributed by atoms with Crippen LogP contribution in [-0.4, -0.2) is 47.2 Å². The summed E-state index contributed by atoms with van der Waals surface area (Å²) >= 11 is 0. The fraction of sp³-hybridized carbons (Fsp3) is 0.300. The highest BCUT2D eigenvalue weighted by Gasteiger charge is 2.35. The third kappa shape index (κ3) is 3.71. The molecule has 0 aliphatic carbocycles. The Morgan fingerprint density at radius 3 is 2.48 bits per heavy atom. The number of nitrogens with one attached hydrogen (secondary N) is 1. The van der Waals surface area contributed by atoms with Crippen molar-refractivity contribution in [3.63, 3.8) is 0 Å². The molecule has 0 aromatic heterocycles. The van der Waals surface area contributed by atoms with Gasteiger partial charge in [0.15, 0.2) is 0 Å². The Bertz CT molecular complexity index is 822. The van der Waals surface area contributed by atoms with E-state index < -0.39 is 5.91 Å². The normalized spacial score (nSPS) is 16.5. The van der Waals surface area contributed by atoms with Gasteiger partial charge >= 0.3 is 0 Å². The summed E-state index contributed by atoms with van der Waals surface area (Å²) in [5.41, 5.74) is 4.49. The van der Waals surface area contributed by atoms with Crippen molar-refractivity contribution in [3.8, 4) is 0 Å². The van der Waals surface area contributed by atoms with Crippen molar-refractivity contribution in [1.82, 2.24) is 15.4 Å². The molecule has 1 unspecified atom stereocenters. The number of nitrogens with zero attached hydrogens (tertiary/aromatic N) is 2. The molecule has 1 atom stereocenters. The molecular weight excluding hydrogens is 346 g/mol. The molecule has 0 saturated carbocycles. The Hall–Kier alpha value is -2.74. The number of carbonyl (C=O) groups excluding carboxylic acids is 2. The highest BCUT2D eigenvalue weighted by molar-refractivity contribution is 5.97. The number of carbonyl (C=O) groups is 2. The standard InChI is InChI=1S/C20H23N3O4/c1-3-22-13-12-14-6-4-5-7-17(14)19(22)23(27-2)20(25)16-10-8-15(9-11-16)18(24)21-26/h4-11,19,26H,3,12-13H2,1-2H3,(H,21,24). The lowest BCUT2D eigenvalue weighted by atomic mass is 9.96.